The monoisotopic (exact) mass is 245 g/mol. The fraction of sp³-hybridized carbons (Fsp3) is 0.333. The van der Waals surface area contributed by atoms with E-state index in [9.17, 15) is 8.42 Å². The van der Waals surface area contributed by atoms with Crippen molar-refractivity contribution in [3.8, 4) is 5.75 Å². The maximum atomic E-state index is 11.4. The lowest BCUT2D eigenvalue weighted by Crippen LogP contribution is -2.27. The van der Waals surface area contributed by atoms with Gasteiger partial charge in [0.1, 0.15) is 5.75 Å². The van der Waals surface area contributed by atoms with Crippen LogP contribution in [-0.4, -0.2) is 22.6 Å². The highest BCUT2D eigenvalue weighted by atomic mass is 32.2. The molecule has 0 unspecified atom stereocenters. The summed E-state index contributed by atoms with van der Waals surface area (Å²) in [7, 11) is -0.789. The molecule has 0 aliphatic rings. The van der Waals surface area contributed by atoms with Gasteiger partial charge < -0.3 is 10.5 Å². The highest BCUT2D eigenvalue weighted by Crippen LogP contribution is 2.28. The van der Waals surface area contributed by atoms with Gasteiger partial charge in [-0.2, -0.15) is 8.42 Å². The largest absolute Gasteiger partial charge is 0.495 e. The molecule has 6 nitrogen and oxygen atoms in total. The van der Waals surface area contributed by atoms with E-state index in [1.54, 1.807) is 18.2 Å². The Kier molecular flexibility index (Phi) is 4.11. The fourth-order valence-corrected chi connectivity index (χ4v) is 1.82. The van der Waals surface area contributed by atoms with Crippen molar-refractivity contribution in [3.05, 3.63) is 23.8 Å². The van der Waals surface area contributed by atoms with Crippen LogP contribution in [0.25, 0.3) is 0 Å². The van der Waals surface area contributed by atoms with Crippen molar-refractivity contribution in [2.75, 3.05) is 18.9 Å². The van der Waals surface area contributed by atoms with E-state index in [1.165, 1.54) is 14.2 Å². The van der Waals surface area contributed by atoms with Gasteiger partial charge in [-0.1, -0.05) is 12.1 Å². The highest BCUT2D eigenvalue weighted by molar-refractivity contribution is 7.90. The molecular formula is C9H15N3O3S. The smallest absolute Gasteiger partial charge is 0.298 e. The van der Waals surface area contributed by atoms with Crippen molar-refractivity contribution >= 4 is 15.9 Å². The van der Waals surface area contributed by atoms with Gasteiger partial charge in [0.05, 0.1) is 12.8 Å². The number of nitrogens with one attached hydrogen (secondary N) is 2. The van der Waals surface area contributed by atoms with Gasteiger partial charge in [-0.15, -0.1) is 0 Å². The summed E-state index contributed by atoms with van der Waals surface area (Å²) in [5.74, 6) is 0.432. The first-order valence-electron chi connectivity index (χ1n) is 4.61. The molecule has 16 heavy (non-hydrogen) atoms. The Morgan fingerprint density at radius 1 is 1.44 bits per heavy atom. The molecule has 4 N–H and O–H groups in total. The number of nitrogens with two attached hydrogens (primary N) is 1. The van der Waals surface area contributed by atoms with Gasteiger partial charge in [0.25, 0.3) is 10.2 Å². The summed E-state index contributed by atoms with van der Waals surface area (Å²) < 4.78 is 32.4. The average molecular weight is 245 g/mol. The molecule has 0 saturated carbocycles. The molecule has 0 aliphatic heterocycles. The summed E-state index contributed by atoms with van der Waals surface area (Å²) in [6, 6.07) is 5.14. The molecule has 1 rings (SSSR count). The van der Waals surface area contributed by atoms with E-state index in [0.717, 1.165) is 0 Å². The Morgan fingerprint density at radius 3 is 2.62 bits per heavy atom. The van der Waals surface area contributed by atoms with E-state index in [1.807, 2.05) is 0 Å². The molecule has 0 bridgehead atoms. The maximum absolute atomic E-state index is 11.4. The number of para-hydroxylation sites is 1. The van der Waals surface area contributed by atoms with Crippen molar-refractivity contribution < 1.29 is 13.2 Å². The van der Waals surface area contributed by atoms with Gasteiger partial charge in [-0.3, -0.25) is 4.72 Å². The number of methoxy groups -OCH3 is 1. The van der Waals surface area contributed by atoms with E-state index in [2.05, 4.69) is 9.44 Å². The topological polar surface area (TPSA) is 93.5 Å². The Bertz CT molecular complexity index is 437. The van der Waals surface area contributed by atoms with Gasteiger partial charge in [0.2, 0.25) is 0 Å². The van der Waals surface area contributed by atoms with Gasteiger partial charge in [0.15, 0.2) is 0 Å². The van der Waals surface area contributed by atoms with Crippen molar-refractivity contribution in [1.82, 2.24) is 4.72 Å². The number of ether oxygens (including phenoxy) is 1. The van der Waals surface area contributed by atoms with Gasteiger partial charge >= 0.3 is 0 Å². The summed E-state index contributed by atoms with van der Waals surface area (Å²) in [5.41, 5.74) is 6.55. The standard InChI is InChI=1S/C9H15N3O3S/c1-11-16(13,14)12-9-7(6-10)4-3-5-8(9)15-2/h3-5,11-12H,6,10H2,1-2H3. The van der Waals surface area contributed by atoms with Crippen LogP contribution < -0.4 is 19.9 Å². The molecule has 0 saturated heterocycles. The van der Waals surface area contributed by atoms with Crippen LogP contribution in [0.5, 0.6) is 5.75 Å². The minimum Gasteiger partial charge on any atom is -0.495 e. The van der Waals surface area contributed by atoms with E-state index < -0.39 is 10.2 Å². The second-order valence-corrected chi connectivity index (χ2v) is 4.63. The van der Waals surface area contributed by atoms with Crippen LogP contribution in [0.1, 0.15) is 5.56 Å². The molecule has 1 aromatic carbocycles. The Labute approximate surface area is 95.0 Å². The summed E-state index contributed by atoms with van der Waals surface area (Å²) in [6.07, 6.45) is 0. The minimum absolute atomic E-state index is 0.221. The molecular weight excluding hydrogens is 230 g/mol. The predicted octanol–water partition coefficient (Wildman–Crippen LogP) is 0.0300. The van der Waals surface area contributed by atoms with Crippen molar-refractivity contribution in [3.63, 3.8) is 0 Å². The lowest BCUT2D eigenvalue weighted by molar-refractivity contribution is 0.416. The predicted molar refractivity (Wildman–Crippen MR) is 62.5 cm³/mol. The molecule has 0 heterocycles. The molecule has 7 heteroatoms. The summed E-state index contributed by atoms with van der Waals surface area (Å²) in [5, 5.41) is 0. The van der Waals surface area contributed by atoms with E-state index in [-0.39, 0.29) is 6.54 Å². The molecule has 0 fully saturated rings. The normalized spacial score (nSPS) is 11.2. The molecule has 0 spiro atoms. The number of hydrogen-bond acceptors (Lipinski definition) is 4. The van der Waals surface area contributed by atoms with Crippen molar-refractivity contribution in [1.29, 1.82) is 0 Å². The number of anilines is 1. The molecule has 0 aliphatic carbocycles. The third kappa shape index (κ3) is 2.84. The zero-order chi connectivity index (χ0) is 12.2. The SMILES string of the molecule is CNS(=O)(=O)Nc1c(CN)cccc1OC. The third-order valence-electron chi connectivity index (χ3n) is 2.06. The number of rotatable bonds is 5. The summed E-state index contributed by atoms with van der Waals surface area (Å²) in [4.78, 5) is 0. The van der Waals surface area contributed by atoms with Crippen LogP contribution in [0.2, 0.25) is 0 Å². The molecule has 0 atom stereocenters. The fourth-order valence-electron chi connectivity index (χ4n) is 1.22. The Hall–Kier alpha value is -1.31. The molecule has 0 aromatic heterocycles. The van der Waals surface area contributed by atoms with Crippen LogP contribution >= 0.6 is 0 Å². The summed E-state index contributed by atoms with van der Waals surface area (Å²) >= 11 is 0. The van der Waals surface area contributed by atoms with Gasteiger partial charge in [0, 0.05) is 13.6 Å². The lowest BCUT2D eigenvalue weighted by Gasteiger charge is -2.14. The molecule has 0 radical (unpaired) electrons. The number of hydrogen-bond donors (Lipinski definition) is 3. The Morgan fingerprint density at radius 2 is 2.12 bits per heavy atom. The first-order valence-corrected chi connectivity index (χ1v) is 6.09. The van der Waals surface area contributed by atoms with Crippen molar-refractivity contribution in [2.24, 2.45) is 5.73 Å². The van der Waals surface area contributed by atoms with Crippen LogP contribution in [0.4, 0.5) is 5.69 Å². The first kappa shape index (κ1) is 12.8. The Balaban J connectivity index is 3.19. The second-order valence-electron chi connectivity index (χ2n) is 3.01. The zero-order valence-electron chi connectivity index (χ0n) is 9.15. The quantitative estimate of drug-likeness (QED) is 0.682. The average Bonchev–Trinajstić information content (AvgIpc) is 2.29. The molecule has 1 aromatic rings. The lowest BCUT2D eigenvalue weighted by atomic mass is 10.1. The second kappa shape index (κ2) is 5.15. The summed E-state index contributed by atoms with van der Waals surface area (Å²) in [6.45, 7) is 0.221. The van der Waals surface area contributed by atoms with Crippen LogP contribution in [-0.2, 0) is 16.8 Å². The number of benzene rings is 1. The van der Waals surface area contributed by atoms with E-state index >= 15 is 0 Å². The van der Waals surface area contributed by atoms with Crippen LogP contribution in [0.15, 0.2) is 18.2 Å². The van der Waals surface area contributed by atoms with Crippen LogP contribution in [0.3, 0.4) is 0 Å². The van der Waals surface area contributed by atoms with Gasteiger partial charge in [-0.25, -0.2) is 4.72 Å². The van der Waals surface area contributed by atoms with Crippen molar-refractivity contribution in [2.45, 2.75) is 6.54 Å². The van der Waals surface area contributed by atoms with Crippen LogP contribution in [0, 0.1) is 0 Å². The maximum Gasteiger partial charge on any atom is 0.298 e. The highest BCUT2D eigenvalue weighted by Gasteiger charge is 2.13. The zero-order valence-corrected chi connectivity index (χ0v) is 9.97. The van der Waals surface area contributed by atoms with Gasteiger partial charge in [-0.05, 0) is 11.6 Å². The van der Waals surface area contributed by atoms with E-state index in [0.29, 0.717) is 17.0 Å². The molecule has 0 amide bonds. The van der Waals surface area contributed by atoms with E-state index in [4.69, 9.17) is 10.5 Å². The first-order chi connectivity index (χ1) is 7.54. The minimum atomic E-state index is -3.57. The third-order valence-corrected chi connectivity index (χ3v) is 3.07. The molecule has 90 valence electrons.